The first-order valence-electron chi connectivity index (χ1n) is 22.3. The van der Waals surface area contributed by atoms with Crippen LogP contribution in [-0.2, 0) is 5.41 Å². The Morgan fingerprint density at radius 2 is 0.833 bits per heavy atom. The van der Waals surface area contributed by atoms with Crippen LogP contribution in [0.2, 0.25) is 0 Å². The molecule has 0 spiro atoms. The van der Waals surface area contributed by atoms with Crippen LogP contribution >= 0.6 is 22.7 Å². The number of benzene rings is 9. The van der Waals surface area contributed by atoms with E-state index in [-0.39, 0.29) is 5.41 Å². The van der Waals surface area contributed by atoms with Gasteiger partial charge in [0, 0.05) is 73.2 Å². The summed E-state index contributed by atoms with van der Waals surface area (Å²) in [4.78, 5) is 16.2. The molecule has 13 aromatic rings. The van der Waals surface area contributed by atoms with E-state index < -0.39 is 0 Å². The number of nitrogens with zero attached hydrogens (tertiary/aromatic N) is 3. The monoisotopic (exact) mass is 879 g/mol. The first kappa shape index (κ1) is 37.6. The van der Waals surface area contributed by atoms with Crippen LogP contribution in [0, 0.1) is 0 Å². The summed E-state index contributed by atoms with van der Waals surface area (Å²) in [6.07, 6.45) is 0. The van der Waals surface area contributed by atoms with Gasteiger partial charge in [-0.2, -0.15) is 0 Å². The molecule has 6 heteroatoms. The molecule has 1 aliphatic rings. The molecule has 0 unspecified atom stereocenters. The highest BCUT2D eigenvalue weighted by Crippen LogP contribution is 2.50. The molecule has 0 amide bonds. The second-order valence-electron chi connectivity index (χ2n) is 17.9. The number of fused-ring (bicyclic) bond motifs is 12. The van der Waals surface area contributed by atoms with Crippen LogP contribution < -0.4 is 0 Å². The molecule has 0 fully saturated rings. The standard InChI is InChI=1S/C60H37N3OS2/c1-60(2)46-21-6-3-15-38(46)39-29-27-37(33-47(39)60)35-14-9-13-34(31-35)36-28-30-48-45(32-36)54-42(18-10-22-49(54)64-48)57-61-58(43-19-11-25-52-55(43)40-16-4-7-23-50(40)65-52)63-59(62-57)44-20-12-26-53-56(44)41-17-5-8-24-51(41)66-53/h3-33H,1-2H3. The van der Waals surface area contributed by atoms with E-state index in [0.717, 1.165) is 60.5 Å². The van der Waals surface area contributed by atoms with Gasteiger partial charge in [-0.1, -0.05) is 147 Å². The van der Waals surface area contributed by atoms with Gasteiger partial charge < -0.3 is 4.42 Å². The summed E-state index contributed by atoms with van der Waals surface area (Å²) >= 11 is 3.60. The highest BCUT2D eigenvalue weighted by molar-refractivity contribution is 7.26. The van der Waals surface area contributed by atoms with Gasteiger partial charge in [-0.3, -0.25) is 0 Å². The smallest absolute Gasteiger partial charge is 0.164 e. The Balaban J connectivity index is 0.951. The Kier molecular flexibility index (Phi) is 8.04. The molecule has 1 aliphatic carbocycles. The number of hydrogen-bond acceptors (Lipinski definition) is 6. The summed E-state index contributed by atoms with van der Waals surface area (Å²) in [5.74, 6) is 1.88. The quantitative estimate of drug-likeness (QED) is 0.173. The molecule has 14 rings (SSSR count). The van der Waals surface area contributed by atoms with E-state index in [9.17, 15) is 0 Å². The molecule has 9 aromatic carbocycles. The molecular weight excluding hydrogens is 843 g/mol. The zero-order valence-corrected chi connectivity index (χ0v) is 37.6. The molecule has 0 atom stereocenters. The van der Waals surface area contributed by atoms with E-state index in [1.807, 2.05) is 12.1 Å². The second kappa shape index (κ2) is 14.1. The highest BCUT2D eigenvalue weighted by atomic mass is 32.1. The van der Waals surface area contributed by atoms with E-state index >= 15 is 0 Å². The Morgan fingerprint density at radius 1 is 0.348 bits per heavy atom. The minimum Gasteiger partial charge on any atom is -0.456 e. The van der Waals surface area contributed by atoms with Gasteiger partial charge >= 0.3 is 0 Å². The van der Waals surface area contributed by atoms with E-state index in [4.69, 9.17) is 19.4 Å². The molecular formula is C60H37N3OS2. The van der Waals surface area contributed by atoms with Crippen LogP contribution in [0.3, 0.4) is 0 Å². The first-order valence-corrected chi connectivity index (χ1v) is 24.0. The first-order chi connectivity index (χ1) is 32.4. The summed E-state index contributed by atoms with van der Waals surface area (Å²) in [6, 6.07) is 67.6. The predicted molar refractivity (Wildman–Crippen MR) is 278 cm³/mol. The van der Waals surface area contributed by atoms with Crippen molar-refractivity contribution in [1.82, 2.24) is 15.0 Å². The van der Waals surface area contributed by atoms with Gasteiger partial charge in [0.05, 0.1) is 0 Å². The maximum Gasteiger partial charge on any atom is 0.164 e. The van der Waals surface area contributed by atoms with Crippen LogP contribution in [0.25, 0.3) is 130 Å². The molecule has 4 heterocycles. The van der Waals surface area contributed by atoms with Crippen molar-refractivity contribution < 1.29 is 4.42 Å². The molecule has 4 aromatic heterocycles. The predicted octanol–water partition coefficient (Wildman–Crippen LogP) is 17.1. The van der Waals surface area contributed by atoms with Gasteiger partial charge in [0.25, 0.3) is 0 Å². The largest absolute Gasteiger partial charge is 0.456 e. The van der Waals surface area contributed by atoms with Gasteiger partial charge in [-0.05, 0) is 99.1 Å². The SMILES string of the molecule is CC1(C)c2ccccc2-c2ccc(-c3cccc(-c4ccc5oc6cccc(-c7nc(-c8cccc9sc%10ccccc%10c89)nc(-c8cccc9sc%10ccccc%10c89)n7)c6c5c4)c3)cc21. The van der Waals surface area contributed by atoms with Gasteiger partial charge in [0.1, 0.15) is 11.2 Å². The fraction of sp³-hybridized carbons (Fsp3) is 0.0500. The summed E-state index contributed by atoms with van der Waals surface area (Å²) in [6.45, 7) is 4.68. The molecule has 0 bridgehead atoms. The Morgan fingerprint density at radius 3 is 1.50 bits per heavy atom. The Labute approximate surface area is 388 Å². The van der Waals surface area contributed by atoms with Crippen LogP contribution in [-0.4, -0.2) is 15.0 Å². The lowest BCUT2D eigenvalue weighted by Crippen LogP contribution is -2.14. The molecule has 0 N–H and O–H groups in total. The lowest BCUT2D eigenvalue weighted by molar-refractivity contribution is 0.660. The van der Waals surface area contributed by atoms with Crippen LogP contribution in [0.15, 0.2) is 192 Å². The van der Waals surface area contributed by atoms with Crippen molar-refractivity contribution in [3.63, 3.8) is 0 Å². The number of hydrogen-bond donors (Lipinski definition) is 0. The topological polar surface area (TPSA) is 51.8 Å². The third-order valence-electron chi connectivity index (χ3n) is 13.8. The minimum absolute atomic E-state index is 0.0675. The molecule has 4 nitrogen and oxygen atoms in total. The van der Waals surface area contributed by atoms with Crippen molar-refractivity contribution in [1.29, 1.82) is 0 Å². The molecule has 0 aliphatic heterocycles. The molecule has 0 saturated carbocycles. The lowest BCUT2D eigenvalue weighted by atomic mass is 9.81. The summed E-state index contributed by atoms with van der Waals surface area (Å²) in [7, 11) is 0. The zero-order chi connectivity index (χ0) is 43.7. The number of rotatable bonds is 5. The fourth-order valence-electron chi connectivity index (χ4n) is 10.6. The van der Waals surface area contributed by atoms with Gasteiger partial charge in [0.2, 0.25) is 0 Å². The van der Waals surface area contributed by atoms with Crippen molar-refractivity contribution in [3.8, 4) is 67.5 Å². The maximum absolute atomic E-state index is 6.64. The highest BCUT2D eigenvalue weighted by Gasteiger charge is 2.35. The zero-order valence-electron chi connectivity index (χ0n) is 36.0. The van der Waals surface area contributed by atoms with Crippen LogP contribution in [0.4, 0.5) is 0 Å². The normalized spacial score (nSPS) is 13.1. The molecule has 0 saturated heterocycles. The third-order valence-corrected chi connectivity index (χ3v) is 16.0. The fourth-order valence-corrected chi connectivity index (χ4v) is 12.9. The van der Waals surface area contributed by atoms with Crippen molar-refractivity contribution >= 4 is 85.0 Å². The van der Waals surface area contributed by atoms with Gasteiger partial charge in [-0.15, -0.1) is 22.7 Å². The van der Waals surface area contributed by atoms with Crippen molar-refractivity contribution in [2.75, 3.05) is 0 Å². The summed E-state index contributed by atoms with van der Waals surface area (Å²) in [5.41, 5.74) is 14.5. The lowest BCUT2D eigenvalue weighted by Gasteiger charge is -2.22. The Bertz CT molecular complexity index is 4040. The number of thiophene rings is 2. The van der Waals surface area contributed by atoms with Gasteiger partial charge in [-0.25, -0.2) is 15.0 Å². The molecule has 66 heavy (non-hydrogen) atoms. The van der Waals surface area contributed by atoms with E-state index in [0.29, 0.717) is 17.5 Å². The molecule has 0 radical (unpaired) electrons. The van der Waals surface area contributed by atoms with Crippen molar-refractivity contribution in [2.45, 2.75) is 19.3 Å². The van der Waals surface area contributed by atoms with Crippen molar-refractivity contribution in [2.24, 2.45) is 0 Å². The average molecular weight is 880 g/mol. The second-order valence-corrected chi connectivity index (χ2v) is 20.0. The number of aromatic nitrogens is 3. The average Bonchev–Trinajstić information content (AvgIpc) is 4.11. The molecule has 310 valence electrons. The van der Waals surface area contributed by atoms with Crippen LogP contribution in [0.5, 0.6) is 0 Å². The summed E-state index contributed by atoms with van der Waals surface area (Å²) < 4.78 is 11.5. The third kappa shape index (κ3) is 5.59. The maximum atomic E-state index is 6.64. The number of furan rings is 1. The van der Waals surface area contributed by atoms with E-state index in [2.05, 4.69) is 190 Å². The van der Waals surface area contributed by atoms with E-state index in [1.165, 1.54) is 63.0 Å². The minimum atomic E-state index is -0.0675. The van der Waals surface area contributed by atoms with E-state index in [1.54, 1.807) is 22.7 Å². The van der Waals surface area contributed by atoms with Gasteiger partial charge in [0.15, 0.2) is 17.5 Å². The summed E-state index contributed by atoms with van der Waals surface area (Å²) in [5, 5.41) is 6.72. The van der Waals surface area contributed by atoms with Crippen LogP contribution in [0.1, 0.15) is 25.0 Å². The van der Waals surface area contributed by atoms with Crippen molar-refractivity contribution in [3.05, 3.63) is 199 Å². The Hall–Kier alpha value is -7.77.